The normalized spacial score (nSPS) is 11.7. The predicted molar refractivity (Wildman–Crippen MR) is 97.1 cm³/mol. The van der Waals surface area contributed by atoms with Crippen LogP contribution in [0, 0.1) is 11.7 Å². The lowest BCUT2D eigenvalue weighted by Crippen LogP contribution is -2.23. The van der Waals surface area contributed by atoms with Crippen LogP contribution in [0.3, 0.4) is 0 Å². The number of nitrogens with one attached hydrogen (secondary N) is 2. The lowest BCUT2D eigenvalue weighted by molar-refractivity contribution is -0.119. The molecule has 2 N–H and O–H groups in total. The van der Waals surface area contributed by atoms with Crippen LogP contribution in [0.25, 0.3) is 0 Å². The first-order valence-electron chi connectivity index (χ1n) is 8.03. The van der Waals surface area contributed by atoms with Gasteiger partial charge in [-0.15, -0.1) is 0 Å². The van der Waals surface area contributed by atoms with Crippen molar-refractivity contribution in [2.75, 3.05) is 5.32 Å². The minimum Gasteiger partial charge on any atom is -0.348 e. The van der Waals surface area contributed by atoms with Crippen LogP contribution < -0.4 is 10.6 Å². The monoisotopic (exact) mass is 362 g/mol. The Hall–Kier alpha value is -2.40. The Bertz CT molecular complexity index is 780. The molecule has 0 aliphatic carbocycles. The molecule has 0 bridgehead atoms. The molecular formula is C19H20ClFN2O2. The van der Waals surface area contributed by atoms with E-state index in [0.717, 1.165) is 18.1 Å². The maximum atomic E-state index is 13.0. The molecule has 0 aliphatic heterocycles. The maximum Gasteiger partial charge on any atom is 0.253 e. The van der Waals surface area contributed by atoms with Gasteiger partial charge in [0.05, 0.1) is 10.6 Å². The van der Waals surface area contributed by atoms with Gasteiger partial charge in [-0.25, -0.2) is 4.39 Å². The average Bonchev–Trinajstić information content (AvgIpc) is 2.59. The highest BCUT2D eigenvalue weighted by Crippen LogP contribution is 2.18. The molecule has 132 valence electrons. The molecule has 2 aromatic carbocycles. The maximum absolute atomic E-state index is 13.0. The second-order valence-corrected chi connectivity index (χ2v) is 6.21. The van der Waals surface area contributed by atoms with Gasteiger partial charge in [0.25, 0.3) is 5.91 Å². The second kappa shape index (κ2) is 8.62. The van der Waals surface area contributed by atoms with Crippen molar-refractivity contribution >= 4 is 29.1 Å². The van der Waals surface area contributed by atoms with Gasteiger partial charge in [0.2, 0.25) is 5.91 Å². The number of benzene rings is 2. The molecule has 6 heteroatoms. The fourth-order valence-corrected chi connectivity index (χ4v) is 2.41. The Labute approximate surface area is 151 Å². The zero-order valence-electron chi connectivity index (χ0n) is 14.1. The van der Waals surface area contributed by atoms with E-state index < -0.39 is 5.82 Å². The van der Waals surface area contributed by atoms with E-state index in [0.29, 0.717) is 5.69 Å². The standard InChI is InChI=1S/C19H20ClFN2O2/c1-3-12(2)18(24)23-15-6-4-5-13(9-15)11-22-19(25)16-8-7-14(21)10-17(16)20/h4-10,12H,3,11H2,1-2H3,(H,22,25)(H,23,24). The lowest BCUT2D eigenvalue weighted by Gasteiger charge is -2.12. The zero-order chi connectivity index (χ0) is 18.4. The van der Waals surface area contributed by atoms with E-state index in [1.165, 1.54) is 12.1 Å². The van der Waals surface area contributed by atoms with E-state index in [9.17, 15) is 14.0 Å². The fraction of sp³-hybridized carbons (Fsp3) is 0.263. The molecule has 1 atom stereocenters. The number of amides is 2. The van der Waals surface area contributed by atoms with Gasteiger partial charge in [-0.2, -0.15) is 0 Å². The summed E-state index contributed by atoms with van der Waals surface area (Å²) in [5.74, 6) is -0.990. The Morgan fingerprint density at radius 1 is 1.20 bits per heavy atom. The molecule has 4 nitrogen and oxygen atoms in total. The average molecular weight is 363 g/mol. The van der Waals surface area contributed by atoms with Crippen LogP contribution >= 0.6 is 11.6 Å². The topological polar surface area (TPSA) is 58.2 Å². The Kier molecular flexibility index (Phi) is 6.53. The molecule has 0 fully saturated rings. The summed E-state index contributed by atoms with van der Waals surface area (Å²) in [7, 11) is 0. The van der Waals surface area contributed by atoms with E-state index in [1.807, 2.05) is 19.9 Å². The van der Waals surface area contributed by atoms with E-state index in [-0.39, 0.29) is 34.9 Å². The summed E-state index contributed by atoms with van der Waals surface area (Å²) in [5, 5.41) is 5.65. The fourth-order valence-electron chi connectivity index (χ4n) is 2.16. The highest BCUT2D eigenvalue weighted by atomic mass is 35.5. The molecule has 2 aromatic rings. The predicted octanol–water partition coefficient (Wildman–Crippen LogP) is 4.39. The zero-order valence-corrected chi connectivity index (χ0v) is 14.9. The molecule has 0 aromatic heterocycles. The molecule has 0 heterocycles. The first kappa shape index (κ1) is 18.9. The molecule has 0 aliphatic rings. The highest BCUT2D eigenvalue weighted by molar-refractivity contribution is 6.33. The first-order valence-corrected chi connectivity index (χ1v) is 8.41. The van der Waals surface area contributed by atoms with E-state index in [1.54, 1.807) is 18.2 Å². The molecular weight excluding hydrogens is 343 g/mol. The number of rotatable bonds is 6. The molecule has 2 amide bonds. The second-order valence-electron chi connectivity index (χ2n) is 5.81. The summed E-state index contributed by atoms with van der Waals surface area (Å²) in [5.41, 5.74) is 1.72. The molecule has 25 heavy (non-hydrogen) atoms. The number of hydrogen-bond acceptors (Lipinski definition) is 2. The highest BCUT2D eigenvalue weighted by Gasteiger charge is 2.12. The van der Waals surface area contributed by atoms with Crippen LogP contribution in [0.2, 0.25) is 5.02 Å². The van der Waals surface area contributed by atoms with Crippen molar-refractivity contribution in [2.24, 2.45) is 5.92 Å². The van der Waals surface area contributed by atoms with Gasteiger partial charge in [-0.05, 0) is 42.3 Å². The first-order chi connectivity index (χ1) is 11.9. The third-order valence-corrected chi connectivity index (χ3v) is 4.20. The van der Waals surface area contributed by atoms with Crippen LogP contribution in [0.1, 0.15) is 36.2 Å². The number of hydrogen-bond donors (Lipinski definition) is 2. The summed E-state index contributed by atoms with van der Waals surface area (Å²) in [6.45, 7) is 4.09. The van der Waals surface area contributed by atoms with Gasteiger partial charge in [0.15, 0.2) is 0 Å². The number of carbonyl (C=O) groups excluding carboxylic acids is 2. The van der Waals surface area contributed by atoms with Gasteiger partial charge < -0.3 is 10.6 Å². The molecule has 0 saturated carbocycles. The van der Waals surface area contributed by atoms with Crippen LogP contribution in [0.4, 0.5) is 10.1 Å². The molecule has 1 unspecified atom stereocenters. The van der Waals surface area contributed by atoms with Crippen LogP contribution in [-0.4, -0.2) is 11.8 Å². The summed E-state index contributed by atoms with van der Waals surface area (Å²) in [4.78, 5) is 24.1. The van der Waals surface area contributed by atoms with Crippen molar-refractivity contribution in [1.82, 2.24) is 5.32 Å². The summed E-state index contributed by atoms with van der Waals surface area (Å²) in [6.07, 6.45) is 0.764. The number of carbonyl (C=O) groups is 2. The van der Waals surface area contributed by atoms with Crippen molar-refractivity contribution in [3.05, 3.63) is 64.4 Å². The summed E-state index contributed by atoms with van der Waals surface area (Å²) < 4.78 is 13.0. The van der Waals surface area contributed by atoms with E-state index in [4.69, 9.17) is 11.6 Å². The number of anilines is 1. The van der Waals surface area contributed by atoms with Gasteiger partial charge in [0.1, 0.15) is 5.82 Å². The van der Waals surface area contributed by atoms with E-state index >= 15 is 0 Å². The van der Waals surface area contributed by atoms with Crippen molar-refractivity contribution in [3.63, 3.8) is 0 Å². The van der Waals surface area contributed by atoms with Crippen LogP contribution in [0.5, 0.6) is 0 Å². The summed E-state index contributed by atoms with van der Waals surface area (Å²) in [6, 6.07) is 10.9. The van der Waals surface area contributed by atoms with Crippen LogP contribution in [0.15, 0.2) is 42.5 Å². The van der Waals surface area contributed by atoms with Gasteiger partial charge in [-0.1, -0.05) is 37.6 Å². The van der Waals surface area contributed by atoms with Gasteiger partial charge in [-0.3, -0.25) is 9.59 Å². The minimum atomic E-state index is -0.494. The minimum absolute atomic E-state index is 0.0400. The van der Waals surface area contributed by atoms with E-state index in [2.05, 4.69) is 10.6 Å². The van der Waals surface area contributed by atoms with Gasteiger partial charge >= 0.3 is 0 Å². The van der Waals surface area contributed by atoms with Crippen LogP contribution in [-0.2, 0) is 11.3 Å². The Morgan fingerprint density at radius 2 is 1.96 bits per heavy atom. The van der Waals surface area contributed by atoms with Crippen molar-refractivity contribution in [3.8, 4) is 0 Å². The lowest BCUT2D eigenvalue weighted by atomic mass is 10.1. The molecule has 0 radical (unpaired) electrons. The Morgan fingerprint density at radius 3 is 2.64 bits per heavy atom. The number of halogens is 2. The SMILES string of the molecule is CCC(C)C(=O)Nc1cccc(CNC(=O)c2ccc(F)cc2Cl)c1. The quantitative estimate of drug-likeness (QED) is 0.800. The third-order valence-electron chi connectivity index (χ3n) is 3.88. The smallest absolute Gasteiger partial charge is 0.253 e. The van der Waals surface area contributed by atoms with Crippen molar-refractivity contribution < 1.29 is 14.0 Å². The Balaban J connectivity index is 2.00. The van der Waals surface area contributed by atoms with Crippen molar-refractivity contribution in [1.29, 1.82) is 0 Å². The summed E-state index contributed by atoms with van der Waals surface area (Å²) >= 11 is 5.88. The third kappa shape index (κ3) is 5.29. The van der Waals surface area contributed by atoms with Gasteiger partial charge in [0, 0.05) is 18.2 Å². The molecule has 2 rings (SSSR count). The largest absolute Gasteiger partial charge is 0.348 e. The van der Waals surface area contributed by atoms with Crippen molar-refractivity contribution in [2.45, 2.75) is 26.8 Å². The molecule has 0 saturated heterocycles. The molecule has 0 spiro atoms.